The summed E-state index contributed by atoms with van der Waals surface area (Å²) in [7, 11) is 0. The molecule has 2 nitrogen and oxygen atoms in total. The van der Waals surface area contributed by atoms with Crippen molar-refractivity contribution in [1.82, 2.24) is 9.88 Å². The topological polar surface area (TPSA) is 17.0 Å². The van der Waals surface area contributed by atoms with Crippen LogP contribution < -0.4 is 5.32 Å². The van der Waals surface area contributed by atoms with E-state index in [0.717, 1.165) is 25.1 Å². The number of nitrogens with zero attached hydrogens (tertiary/aromatic N) is 1. The van der Waals surface area contributed by atoms with Gasteiger partial charge in [-0.1, -0.05) is 54.4 Å². The number of hydrogen-bond donors (Lipinski definition) is 1. The fourth-order valence-electron chi connectivity index (χ4n) is 2.89. The van der Waals surface area contributed by atoms with E-state index in [2.05, 4.69) is 61.1 Å². The molecule has 0 aliphatic carbocycles. The van der Waals surface area contributed by atoms with Gasteiger partial charge in [0.05, 0.1) is 10.0 Å². The molecule has 0 saturated heterocycles. The molecule has 0 radical (unpaired) electrons. The Kier molecular flexibility index (Phi) is 5.43. The molecule has 1 heterocycles. The van der Waals surface area contributed by atoms with Crippen LogP contribution in [-0.2, 0) is 13.1 Å². The Balaban J connectivity index is 1.92. The van der Waals surface area contributed by atoms with Crippen LogP contribution in [0.25, 0.3) is 10.9 Å². The lowest BCUT2D eigenvalue weighted by molar-refractivity contribution is 0.375. The Bertz CT molecular complexity index is 881. The van der Waals surface area contributed by atoms with Gasteiger partial charge in [0.1, 0.15) is 0 Å². The molecular weight excluding hydrogens is 351 g/mol. The van der Waals surface area contributed by atoms with Gasteiger partial charge in [-0.25, -0.2) is 0 Å². The summed E-state index contributed by atoms with van der Waals surface area (Å²) < 4.78 is 2.28. The van der Waals surface area contributed by atoms with Crippen molar-refractivity contribution >= 4 is 34.1 Å². The average Bonchev–Trinajstić information content (AvgIpc) is 2.95. The maximum Gasteiger partial charge on any atom is 0.0595 e. The van der Waals surface area contributed by atoms with Crippen molar-refractivity contribution in [3.8, 4) is 0 Å². The molecular formula is C21H24Cl2N2. The van der Waals surface area contributed by atoms with Crippen LogP contribution in [0.15, 0.2) is 48.7 Å². The maximum atomic E-state index is 6.17. The van der Waals surface area contributed by atoms with Gasteiger partial charge in [0.2, 0.25) is 0 Å². The molecule has 0 aliphatic rings. The summed E-state index contributed by atoms with van der Waals surface area (Å²) in [6.07, 6.45) is 3.33. The molecule has 132 valence electrons. The SMILES string of the molecule is CCC(C)(C)NCc1cn(Cc2ccc(Cl)c(Cl)c2)c2ccccc12. The Labute approximate surface area is 159 Å². The molecule has 0 amide bonds. The highest BCUT2D eigenvalue weighted by atomic mass is 35.5. The lowest BCUT2D eigenvalue weighted by Crippen LogP contribution is -2.37. The first-order valence-electron chi connectivity index (χ1n) is 8.65. The van der Waals surface area contributed by atoms with E-state index in [1.165, 1.54) is 16.5 Å². The van der Waals surface area contributed by atoms with E-state index in [0.29, 0.717) is 10.0 Å². The van der Waals surface area contributed by atoms with E-state index >= 15 is 0 Å². The molecule has 1 N–H and O–H groups in total. The third-order valence-electron chi connectivity index (χ3n) is 4.85. The summed E-state index contributed by atoms with van der Waals surface area (Å²) in [6.45, 7) is 8.31. The first-order chi connectivity index (χ1) is 11.9. The van der Waals surface area contributed by atoms with Crippen LogP contribution >= 0.6 is 23.2 Å². The number of benzene rings is 2. The zero-order valence-electron chi connectivity index (χ0n) is 14.9. The van der Waals surface area contributed by atoms with Gasteiger partial charge in [0.15, 0.2) is 0 Å². The molecule has 0 aliphatic heterocycles. The van der Waals surface area contributed by atoms with Gasteiger partial charge in [0, 0.05) is 35.7 Å². The number of aromatic nitrogens is 1. The summed E-state index contributed by atoms with van der Waals surface area (Å²) in [5, 5.41) is 6.14. The number of hydrogen-bond acceptors (Lipinski definition) is 1. The third-order valence-corrected chi connectivity index (χ3v) is 5.59. The van der Waals surface area contributed by atoms with E-state index < -0.39 is 0 Å². The van der Waals surface area contributed by atoms with Crippen molar-refractivity contribution in [2.75, 3.05) is 0 Å². The second-order valence-corrected chi connectivity index (χ2v) is 7.95. The van der Waals surface area contributed by atoms with Crippen molar-refractivity contribution in [3.05, 3.63) is 69.8 Å². The second-order valence-electron chi connectivity index (χ2n) is 7.14. The summed E-state index contributed by atoms with van der Waals surface area (Å²) in [5.74, 6) is 0. The lowest BCUT2D eigenvalue weighted by atomic mass is 10.0. The molecule has 1 aromatic heterocycles. The molecule has 0 bridgehead atoms. The molecule has 2 aromatic carbocycles. The van der Waals surface area contributed by atoms with Crippen molar-refractivity contribution in [2.45, 2.75) is 45.8 Å². The zero-order valence-corrected chi connectivity index (χ0v) is 16.5. The molecule has 0 spiro atoms. The van der Waals surface area contributed by atoms with Crippen LogP contribution in [0.5, 0.6) is 0 Å². The molecule has 4 heteroatoms. The maximum absolute atomic E-state index is 6.17. The highest BCUT2D eigenvalue weighted by molar-refractivity contribution is 6.42. The van der Waals surface area contributed by atoms with Crippen molar-refractivity contribution < 1.29 is 0 Å². The monoisotopic (exact) mass is 374 g/mol. The minimum absolute atomic E-state index is 0.132. The average molecular weight is 375 g/mol. The number of fused-ring (bicyclic) bond motifs is 1. The van der Waals surface area contributed by atoms with Gasteiger partial charge in [0.25, 0.3) is 0 Å². The minimum atomic E-state index is 0.132. The number of rotatable bonds is 6. The summed E-state index contributed by atoms with van der Waals surface area (Å²) in [5.41, 5.74) is 3.83. The quantitative estimate of drug-likeness (QED) is 0.537. The molecule has 25 heavy (non-hydrogen) atoms. The van der Waals surface area contributed by atoms with Gasteiger partial charge in [-0.2, -0.15) is 0 Å². The Morgan fingerprint density at radius 3 is 2.52 bits per heavy atom. The second kappa shape index (κ2) is 7.41. The molecule has 0 saturated carbocycles. The van der Waals surface area contributed by atoms with Crippen LogP contribution in [0.4, 0.5) is 0 Å². The van der Waals surface area contributed by atoms with Crippen LogP contribution in [0, 0.1) is 0 Å². The van der Waals surface area contributed by atoms with Crippen LogP contribution in [0.2, 0.25) is 10.0 Å². The number of para-hydroxylation sites is 1. The predicted octanol–water partition coefficient (Wildman–Crippen LogP) is 6.27. The first kappa shape index (κ1) is 18.3. The molecule has 3 rings (SSSR count). The first-order valence-corrected chi connectivity index (χ1v) is 9.41. The fourth-order valence-corrected chi connectivity index (χ4v) is 3.21. The minimum Gasteiger partial charge on any atom is -0.343 e. The highest BCUT2D eigenvalue weighted by Gasteiger charge is 2.16. The van der Waals surface area contributed by atoms with Crippen molar-refractivity contribution in [2.24, 2.45) is 0 Å². The van der Waals surface area contributed by atoms with E-state index in [4.69, 9.17) is 23.2 Å². The Morgan fingerprint density at radius 2 is 1.80 bits per heavy atom. The summed E-state index contributed by atoms with van der Waals surface area (Å²) >= 11 is 12.2. The fraction of sp³-hybridized carbons (Fsp3) is 0.333. The van der Waals surface area contributed by atoms with Crippen LogP contribution in [0.1, 0.15) is 38.3 Å². The van der Waals surface area contributed by atoms with Gasteiger partial charge in [-0.05, 0) is 49.6 Å². The molecule has 0 fully saturated rings. The lowest BCUT2D eigenvalue weighted by Gasteiger charge is -2.24. The highest BCUT2D eigenvalue weighted by Crippen LogP contribution is 2.26. The molecule has 0 unspecified atom stereocenters. The van der Waals surface area contributed by atoms with E-state index in [-0.39, 0.29) is 5.54 Å². The van der Waals surface area contributed by atoms with E-state index in [9.17, 15) is 0 Å². The molecule has 0 atom stereocenters. The van der Waals surface area contributed by atoms with Crippen LogP contribution in [-0.4, -0.2) is 10.1 Å². The summed E-state index contributed by atoms with van der Waals surface area (Å²) in [6, 6.07) is 14.4. The Hall–Kier alpha value is -1.48. The summed E-state index contributed by atoms with van der Waals surface area (Å²) in [4.78, 5) is 0. The van der Waals surface area contributed by atoms with Gasteiger partial charge in [-0.3, -0.25) is 0 Å². The molecule has 3 aromatic rings. The van der Waals surface area contributed by atoms with Gasteiger partial charge < -0.3 is 9.88 Å². The standard InChI is InChI=1S/C21H24Cl2N2/c1-4-21(2,3)24-12-16-14-25(20-8-6-5-7-17(16)20)13-15-9-10-18(22)19(23)11-15/h5-11,14,24H,4,12-13H2,1-3H3. The van der Waals surface area contributed by atoms with Gasteiger partial charge >= 0.3 is 0 Å². The smallest absolute Gasteiger partial charge is 0.0595 e. The van der Waals surface area contributed by atoms with Crippen molar-refractivity contribution in [1.29, 1.82) is 0 Å². The largest absolute Gasteiger partial charge is 0.343 e. The van der Waals surface area contributed by atoms with E-state index in [1.54, 1.807) is 0 Å². The zero-order chi connectivity index (χ0) is 18.0. The van der Waals surface area contributed by atoms with Crippen LogP contribution in [0.3, 0.4) is 0 Å². The number of halogens is 2. The Morgan fingerprint density at radius 1 is 1.04 bits per heavy atom. The van der Waals surface area contributed by atoms with E-state index in [1.807, 2.05) is 18.2 Å². The third kappa shape index (κ3) is 4.20. The van der Waals surface area contributed by atoms with Gasteiger partial charge in [-0.15, -0.1) is 0 Å². The number of nitrogens with one attached hydrogen (secondary N) is 1. The normalized spacial score (nSPS) is 12.0. The predicted molar refractivity (Wildman–Crippen MR) is 109 cm³/mol. The van der Waals surface area contributed by atoms with Crippen molar-refractivity contribution in [3.63, 3.8) is 0 Å².